The van der Waals surface area contributed by atoms with Crippen LogP contribution in [0.25, 0.3) is 10.4 Å². The van der Waals surface area contributed by atoms with E-state index in [0.717, 1.165) is 51.8 Å². The van der Waals surface area contributed by atoms with Crippen LogP contribution in [0.2, 0.25) is 0 Å². The van der Waals surface area contributed by atoms with Crippen LogP contribution in [0.1, 0.15) is 32.7 Å². The summed E-state index contributed by atoms with van der Waals surface area (Å²) in [5, 5.41) is 21.8. The maximum atomic E-state index is 11.0. The molecule has 4 rings (SSSR count). The van der Waals surface area contributed by atoms with Crippen molar-refractivity contribution in [2.24, 2.45) is 0 Å². The first-order valence-electron chi connectivity index (χ1n) is 9.20. The molecule has 5 nitrogen and oxygen atoms in total. The molecule has 0 saturated heterocycles. The molecule has 146 valence electrons. The molecule has 0 unspecified atom stereocenters. The zero-order valence-corrected chi connectivity index (χ0v) is 17.5. The van der Waals surface area contributed by atoms with Crippen molar-refractivity contribution >= 4 is 29.1 Å². The summed E-state index contributed by atoms with van der Waals surface area (Å²) in [6.07, 6.45) is 0.872. The number of thiophene rings is 1. The van der Waals surface area contributed by atoms with Gasteiger partial charge in [0.2, 0.25) is 0 Å². The normalized spacial score (nSPS) is 13.7. The molecule has 29 heavy (non-hydrogen) atoms. The molecule has 0 fully saturated rings. The van der Waals surface area contributed by atoms with E-state index in [-0.39, 0.29) is 5.56 Å². The summed E-state index contributed by atoms with van der Waals surface area (Å²) in [6, 6.07) is 13.3. The highest BCUT2D eigenvalue weighted by Crippen LogP contribution is 2.39. The number of thioether (sulfide) groups is 1. The zero-order chi connectivity index (χ0) is 20.4. The fourth-order valence-electron chi connectivity index (χ4n) is 3.47. The second-order valence-electron chi connectivity index (χ2n) is 6.96. The monoisotopic (exact) mass is 421 g/mol. The first-order valence-corrected chi connectivity index (χ1v) is 11.1. The number of pyridine rings is 1. The average molecular weight is 422 g/mol. The van der Waals surface area contributed by atoms with E-state index in [1.807, 2.05) is 23.6 Å². The fourth-order valence-corrected chi connectivity index (χ4v) is 5.23. The number of rotatable bonds is 5. The fraction of sp³-hybridized carbons (Fsp3) is 0.227. The van der Waals surface area contributed by atoms with Crippen LogP contribution in [0.3, 0.4) is 0 Å². The molecular formula is C22H19N3O2S2. The predicted octanol–water partition coefficient (Wildman–Crippen LogP) is 4.66. The number of nitriles is 1. The molecule has 3 heterocycles. The lowest BCUT2D eigenvalue weighted by molar-refractivity contribution is 0.0697. The van der Waals surface area contributed by atoms with Crippen molar-refractivity contribution in [2.75, 3.05) is 13.6 Å². The Labute approximate surface area is 177 Å². The molecule has 0 bridgehead atoms. The second kappa shape index (κ2) is 8.37. The Hall–Kier alpha value is -2.66. The van der Waals surface area contributed by atoms with Crippen LogP contribution in [0, 0.1) is 11.3 Å². The summed E-state index contributed by atoms with van der Waals surface area (Å²) in [4.78, 5) is 19.3. The van der Waals surface area contributed by atoms with Gasteiger partial charge in [0.05, 0.1) is 11.1 Å². The Morgan fingerprint density at radius 2 is 2.14 bits per heavy atom. The number of fused-ring (bicyclic) bond motifs is 1. The molecule has 0 radical (unpaired) electrons. The smallest absolute Gasteiger partial charge is 0.335 e. The molecule has 7 heteroatoms. The lowest BCUT2D eigenvalue weighted by Gasteiger charge is -2.27. The van der Waals surface area contributed by atoms with Crippen LogP contribution in [0.4, 0.5) is 0 Å². The molecule has 1 aromatic carbocycles. The lowest BCUT2D eigenvalue weighted by Crippen LogP contribution is -2.28. The van der Waals surface area contributed by atoms with Gasteiger partial charge >= 0.3 is 5.97 Å². The van der Waals surface area contributed by atoms with Gasteiger partial charge in [0.25, 0.3) is 0 Å². The highest BCUT2D eigenvalue weighted by molar-refractivity contribution is 7.98. The van der Waals surface area contributed by atoms with E-state index in [4.69, 9.17) is 10.1 Å². The van der Waals surface area contributed by atoms with E-state index in [9.17, 15) is 10.1 Å². The van der Waals surface area contributed by atoms with Crippen molar-refractivity contribution in [1.29, 1.82) is 5.26 Å². The highest BCUT2D eigenvalue weighted by atomic mass is 32.2. The second-order valence-corrected chi connectivity index (χ2v) is 8.87. The van der Waals surface area contributed by atoms with Gasteiger partial charge in [-0.05, 0) is 41.8 Å². The summed E-state index contributed by atoms with van der Waals surface area (Å²) in [5.74, 6) is -0.303. The predicted molar refractivity (Wildman–Crippen MR) is 115 cm³/mol. The van der Waals surface area contributed by atoms with Gasteiger partial charge in [0.1, 0.15) is 11.1 Å². The number of likely N-dealkylation sites (N-methyl/N-ethyl adjacent to an activating group) is 1. The Bertz CT molecular complexity index is 1090. The first-order chi connectivity index (χ1) is 14.1. The van der Waals surface area contributed by atoms with Crippen LogP contribution in [0.5, 0.6) is 0 Å². The van der Waals surface area contributed by atoms with E-state index < -0.39 is 5.97 Å². The molecule has 0 aliphatic carbocycles. The van der Waals surface area contributed by atoms with Gasteiger partial charge in [-0.25, -0.2) is 9.78 Å². The minimum atomic E-state index is -0.933. The maximum Gasteiger partial charge on any atom is 0.335 e. The minimum absolute atomic E-state index is 0.271. The molecule has 2 aromatic heterocycles. The van der Waals surface area contributed by atoms with Gasteiger partial charge in [0, 0.05) is 41.4 Å². The van der Waals surface area contributed by atoms with Crippen molar-refractivity contribution in [3.8, 4) is 16.5 Å². The quantitative estimate of drug-likeness (QED) is 0.604. The summed E-state index contributed by atoms with van der Waals surface area (Å²) >= 11 is 3.18. The SMILES string of the molecule is CN1CCc2nc(SCc3ccc(C(=O)O)cc3)c(C#N)c(-c3cccs3)c2C1. The van der Waals surface area contributed by atoms with Crippen LogP contribution in [0.15, 0.2) is 46.8 Å². The van der Waals surface area contributed by atoms with Gasteiger partial charge in [-0.2, -0.15) is 5.26 Å². The van der Waals surface area contributed by atoms with Gasteiger partial charge < -0.3 is 10.0 Å². The van der Waals surface area contributed by atoms with Crippen molar-refractivity contribution in [3.63, 3.8) is 0 Å². The number of benzene rings is 1. The Morgan fingerprint density at radius 1 is 1.34 bits per heavy atom. The van der Waals surface area contributed by atoms with Crippen LogP contribution >= 0.6 is 23.1 Å². The van der Waals surface area contributed by atoms with Crippen molar-refractivity contribution in [2.45, 2.75) is 23.7 Å². The average Bonchev–Trinajstić information content (AvgIpc) is 3.25. The van der Waals surface area contributed by atoms with Gasteiger partial charge in [0.15, 0.2) is 0 Å². The van der Waals surface area contributed by atoms with Crippen LogP contribution in [-0.4, -0.2) is 34.6 Å². The van der Waals surface area contributed by atoms with Gasteiger partial charge in [-0.1, -0.05) is 18.2 Å². The van der Waals surface area contributed by atoms with E-state index in [1.54, 1.807) is 23.5 Å². The van der Waals surface area contributed by atoms with Crippen LogP contribution in [-0.2, 0) is 18.7 Å². The maximum absolute atomic E-state index is 11.0. The van der Waals surface area contributed by atoms with E-state index >= 15 is 0 Å². The number of hydrogen-bond acceptors (Lipinski definition) is 6. The first kappa shape index (κ1) is 19.6. The highest BCUT2D eigenvalue weighted by Gasteiger charge is 2.25. The molecule has 0 spiro atoms. The van der Waals surface area contributed by atoms with E-state index in [1.165, 1.54) is 11.8 Å². The lowest BCUT2D eigenvalue weighted by atomic mass is 9.96. The third-order valence-corrected chi connectivity index (χ3v) is 6.90. The van der Waals surface area contributed by atoms with Crippen molar-refractivity contribution < 1.29 is 9.90 Å². The molecular weight excluding hydrogens is 402 g/mol. The third-order valence-electron chi connectivity index (χ3n) is 4.96. The number of aromatic carboxylic acids is 1. The van der Waals surface area contributed by atoms with Crippen molar-refractivity contribution in [1.82, 2.24) is 9.88 Å². The number of carboxylic acids is 1. The molecule has 0 amide bonds. The van der Waals surface area contributed by atoms with Crippen LogP contribution < -0.4 is 0 Å². The molecule has 0 saturated carbocycles. The van der Waals surface area contributed by atoms with E-state index in [0.29, 0.717) is 11.3 Å². The zero-order valence-electron chi connectivity index (χ0n) is 15.9. The summed E-state index contributed by atoms with van der Waals surface area (Å²) in [7, 11) is 2.09. The van der Waals surface area contributed by atoms with Crippen molar-refractivity contribution in [3.05, 3.63) is 69.7 Å². The number of hydrogen-bond donors (Lipinski definition) is 1. The number of carboxylic acid groups (broad SMARTS) is 1. The number of carbonyl (C=O) groups is 1. The largest absolute Gasteiger partial charge is 0.478 e. The molecule has 1 aliphatic rings. The molecule has 1 N–H and O–H groups in total. The Balaban J connectivity index is 1.71. The number of aromatic nitrogens is 1. The standard InChI is InChI=1S/C22H19N3O2S2/c1-25-9-8-18-17(12-25)20(19-3-2-10-28-19)16(11-23)21(24-18)29-13-14-4-6-15(7-5-14)22(26)27/h2-7,10H,8-9,12-13H2,1H3,(H,26,27). The summed E-state index contributed by atoms with van der Waals surface area (Å²) < 4.78 is 0. The van der Waals surface area contributed by atoms with Gasteiger partial charge in [-0.15, -0.1) is 23.1 Å². The third kappa shape index (κ3) is 4.06. The summed E-state index contributed by atoms with van der Waals surface area (Å²) in [6.45, 7) is 1.75. The van der Waals surface area contributed by atoms with Gasteiger partial charge in [-0.3, -0.25) is 0 Å². The molecule has 3 aromatic rings. The Kier molecular flexibility index (Phi) is 5.67. The summed E-state index contributed by atoms with van der Waals surface area (Å²) in [5.41, 5.74) is 5.16. The number of nitrogens with zero attached hydrogens (tertiary/aromatic N) is 3. The Morgan fingerprint density at radius 3 is 2.79 bits per heavy atom. The molecule has 1 aliphatic heterocycles. The minimum Gasteiger partial charge on any atom is -0.478 e. The van der Waals surface area contributed by atoms with E-state index in [2.05, 4.69) is 24.1 Å². The molecule has 0 atom stereocenters. The topological polar surface area (TPSA) is 77.2 Å².